The normalized spacial score (nSPS) is 51.5. The lowest BCUT2D eigenvalue weighted by molar-refractivity contribution is -0.157. The molecule has 2 aliphatic heterocycles. The molecule has 7 rings (SSSR count). The molecule has 0 radical (unpaired) electrons. The van der Waals surface area contributed by atoms with Crippen LogP contribution in [0.1, 0.15) is 66.7 Å². The molecule has 7 heteroatoms. The first kappa shape index (κ1) is 25.6. The van der Waals surface area contributed by atoms with E-state index < -0.39 is 23.0 Å². The molecule has 0 amide bonds. The van der Waals surface area contributed by atoms with Gasteiger partial charge in [0.25, 0.3) is 0 Å². The molecule has 5 fully saturated rings. The van der Waals surface area contributed by atoms with E-state index in [-0.39, 0.29) is 65.6 Å². The van der Waals surface area contributed by atoms with Crippen LogP contribution < -0.4 is 0 Å². The summed E-state index contributed by atoms with van der Waals surface area (Å²) in [6.45, 7) is 14.1. The minimum Gasteiger partial charge on any atom is -0.461 e. The lowest BCUT2D eigenvalue weighted by Crippen LogP contribution is -2.48. The van der Waals surface area contributed by atoms with E-state index in [0.717, 1.165) is 18.4 Å². The van der Waals surface area contributed by atoms with E-state index >= 15 is 0 Å². The first-order valence-electron chi connectivity index (χ1n) is 14.8. The van der Waals surface area contributed by atoms with Crippen LogP contribution in [0.25, 0.3) is 0 Å². The minimum absolute atomic E-state index is 0.00282. The predicted molar refractivity (Wildman–Crippen MR) is 141 cm³/mol. The second-order valence-corrected chi connectivity index (χ2v) is 13.8. The summed E-state index contributed by atoms with van der Waals surface area (Å²) in [5, 5.41) is 11.0. The number of rotatable bonds is 1. The Morgan fingerprint density at radius 2 is 1.90 bits per heavy atom. The molecule has 0 aromatic heterocycles. The topological polar surface area (TPSA) is 99.1 Å². The Kier molecular flexibility index (Phi) is 5.29. The maximum atomic E-state index is 14.2. The summed E-state index contributed by atoms with van der Waals surface area (Å²) in [5.74, 6) is -0.978. The summed E-state index contributed by atoms with van der Waals surface area (Å²) < 4.78 is 18.3. The fourth-order valence-electron chi connectivity index (χ4n) is 10.7. The van der Waals surface area contributed by atoms with Crippen molar-refractivity contribution >= 4 is 17.9 Å². The van der Waals surface area contributed by atoms with Gasteiger partial charge in [0, 0.05) is 47.5 Å². The molecule has 5 unspecified atom stereocenters. The Morgan fingerprint density at radius 1 is 1.15 bits per heavy atom. The summed E-state index contributed by atoms with van der Waals surface area (Å²) in [7, 11) is 0. The molecule has 13 atom stereocenters. The van der Waals surface area contributed by atoms with Crippen LogP contribution in [0.5, 0.6) is 0 Å². The van der Waals surface area contributed by atoms with Gasteiger partial charge in [-0.05, 0) is 50.9 Å². The van der Waals surface area contributed by atoms with Gasteiger partial charge in [-0.2, -0.15) is 0 Å². The fourth-order valence-corrected chi connectivity index (χ4v) is 10.7. The molecule has 3 saturated carbocycles. The molecule has 5 aliphatic carbocycles. The summed E-state index contributed by atoms with van der Waals surface area (Å²) in [6.07, 6.45) is 4.40. The van der Waals surface area contributed by atoms with Gasteiger partial charge in [0.1, 0.15) is 18.3 Å². The molecule has 7 nitrogen and oxygen atoms in total. The quantitative estimate of drug-likeness (QED) is 0.231. The van der Waals surface area contributed by atoms with E-state index in [1.165, 1.54) is 18.1 Å². The average molecular weight is 537 g/mol. The highest BCUT2D eigenvalue weighted by atomic mass is 16.6. The number of ether oxygens (including phenoxy) is 3. The maximum absolute atomic E-state index is 14.2. The van der Waals surface area contributed by atoms with Crippen LogP contribution in [-0.4, -0.2) is 47.4 Å². The van der Waals surface area contributed by atoms with Crippen molar-refractivity contribution in [3.8, 4) is 0 Å². The van der Waals surface area contributed by atoms with Gasteiger partial charge in [-0.3, -0.25) is 9.59 Å². The van der Waals surface area contributed by atoms with Crippen molar-refractivity contribution in [3.05, 3.63) is 34.9 Å². The zero-order chi connectivity index (χ0) is 27.8. The summed E-state index contributed by atoms with van der Waals surface area (Å²) >= 11 is 0. The van der Waals surface area contributed by atoms with E-state index in [9.17, 15) is 19.5 Å². The third-order valence-corrected chi connectivity index (χ3v) is 12.3. The monoisotopic (exact) mass is 536 g/mol. The van der Waals surface area contributed by atoms with E-state index in [4.69, 9.17) is 14.2 Å². The van der Waals surface area contributed by atoms with Crippen molar-refractivity contribution in [3.63, 3.8) is 0 Å². The number of carbonyl (C=O) groups excluding carboxylic acids is 3. The van der Waals surface area contributed by atoms with Crippen LogP contribution in [0, 0.1) is 52.3 Å². The zero-order valence-corrected chi connectivity index (χ0v) is 23.6. The van der Waals surface area contributed by atoms with Crippen LogP contribution in [-0.2, 0) is 28.6 Å². The number of carbonyl (C=O) groups is 3. The van der Waals surface area contributed by atoms with Crippen LogP contribution >= 0.6 is 0 Å². The van der Waals surface area contributed by atoms with E-state index in [1.54, 1.807) is 0 Å². The van der Waals surface area contributed by atoms with Gasteiger partial charge in [0.15, 0.2) is 0 Å². The molecule has 2 saturated heterocycles. The van der Waals surface area contributed by atoms with Crippen molar-refractivity contribution in [2.75, 3.05) is 0 Å². The average Bonchev–Trinajstić information content (AvgIpc) is 3.46. The highest BCUT2D eigenvalue weighted by Gasteiger charge is 2.79. The van der Waals surface area contributed by atoms with Gasteiger partial charge in [-0.25, -0.2) is 4.79 Å². The molecule has 39 heavy (non-hydrogen) atoms. The number of aliphatic hydroxyl groups excluding tert-OH is 1. The Labute approximate surface area is 230 Å². The molecule has 7 aliphatic rings. The van der Waals surface area contributed by atoms with E-state index in [1.807, 2.05) is 0 Å². The molecule has 1 N–H and O–H groups in total. The fraction of sp³-hybridized carbons (Fsp3) is 0.719. The van der Waals surface area contributed by atoms with E-state index in [0.29, 0.717) is 30.8 Å². The Hall–Kier alpha value is -2.41. The lowest BCUT2D eigenvalue weighted by Gasteiger charge is -2.47. The van der Waals surface area contributed by atoms with Crippen molar-refractivity contribution in [2.45, 2.75) is 91.1 Å². The van der Waals surface area contributed by atoms with Crippen molar-refractivity contribution in [2.24, 2.45) is 52.3 Å². The minimum atomic E-state index is -0.825. The SMILES string of the molecule is C=C1C(=O)OC2C[C@H](C)[C@@]34CC5(C(=O)O[C@H]6C5C=C5C([C@H](O)CC[C@@H]5C)[C@H]6C)[C@@H](C(C)=C3C[C@H]12)C4OC(C)=O. The Bertz CT molecular complexity index is 1260. The van der Waals surface area contributed by atoms with Crippen LogP contribution in [0.3, 0.4) is 0 Å². The highest BCUT2D eigenvalue weighted by Crippen LogP contribution is 2.76. The Balaban J connectivity index is 1.40. The van der Waals surface area contributed by atoms with Crippen LogP contribution in [0.2, 0.25) is 0 Å². The van der Waals surface area contributed by atoms with Gasteiger partial charge in [-0.15, -0.1) is 0 Å². The standard InChI is InChI=1S/C32H40O7/c1-13-7-8-23(34)25-17(5)27-22(10-19(13)25)32(30(36)39-27)12-31-14(2)9-24-20(15(3)29(35)38-24)11-21(31)16(4)26(32)28(31)37-18(6)33/h10,13-14,17,20,22-28,34H,3,7-9,11-12H2,1-2,4-6H3/t13-,14-,17+,20+,22?,23+,24?,25?,26-,27+,28?,31-,32?/m0/s1. The first-order valence-corrected chi connectivity index (χ1v) is 14.8. The van der Waals surface area contributed by atoms with Crippen molar-refractivity contribution in [1.82, 2.24) is 0 Å². The van der Waals surface area contributed by atoms with Crippen molar-refractivity contribution in [1.29, 1.82) is 0 Å². The van der Waals surface area contributed by atoms with Gasteiger partial charge < -0.3 is 19.3 Å². The first-order chi connectivity index (χ1) is 18.4. The van der Waals surface area contributed by atoms with Crippen LogP contribution in [0.15, 0.2) is 34.9 Å². The number of hydrogen-bond donors (Lipinski definition) is 1. The van der Waals surface area contributed by atoms with Gasteiger partial charge >= 0.3 is 17.9 Å². The second-order valence-electron chi connectivity index (χ2n) is 13.8. The molecule has 0 aromatic rings. The molecular formula is C32H40O7. The largest absolute Gasteiger partial charge is 0.461 e. The van der Waals surface area contributed by atoms with Crippen molar-refractivity contribution < 1.29 is 33.7 Å². The molecule has 0 aromatic carbocycles. The number of esters is 3. The van der Waals surface area contributed by atoms with E-state index in [2.05, 4.69) is 40.3 Å². The zero-order valence-electron chi connectivity index (χ0n) is 23.6. The highest BCUT2D eigenvalue weighted by molar-refractivity contribution is 5.91. The summed E-state index contributed by atoms with van der Waals surface area (Å²) in [4.78, 5) is 39.2. The number of aliphatic hydroxyl groups is 1. The Morgan fingerprint density at radius 3 is 2.62 bits per heavy atom. The summed E-state index contributed by atoms with van der Waals surface area (Å²) in [5.41, 5.74) is 2.76. The molecule has 2 spiro atoms. The predicted octanol–water partition coefficient (Wildman–Crippen LogP) is 4.29. The molecule has 2 bridgehead atoms. The van der Waals surface area contributed by atoms with Crippen LogP contribution in [0.4, 0.5) is 0 Å². The number of fused-ring (bicyclic) bond motifs is 6. The maximum Gasteiger partial charge on any atom is 0.334 e. The number of hydrogen-bond acceptors (Lipinski definition) is 7. The molecular weight excluding hydrogens is 496 g/mol. The third-order valence-electron chi connectivity index (χ3n) is 12.3. The molecule has 210 valence electrons. The third kappa shape index (κ3) is 2.95. The lowest BCUT2D eigenvalue weighted by atomic mass is 9.54. The molecule has 2 heterocycles. The summed E-state index contributed by atoms with van der Waals surface area (Å²) in [6, 6.07) is 0. The second kappa shape index (κ2) is 8.08. The smallest absolute Gasteiger partial charge is 0.334 e. The van der Waals surface area contributed by atoms with Gasteiger partial charge in [0.05, 0.1) is 11.5 Å². The van der Waals surface area contributed by atoms with Gasteiger partial charge in [-0.1, -0.05) is 50.1 Å². The van der Waals surface area contributed by atoms with Gasteiger partial charge in [0.2, 0.25) is 0 Å².